The first-order chi connectivity index (χ1) is 16.5. The molecule has 0 bridgehead atoms. The summed E-state index contributed by atoms with van der Waals surface area (Å²) >= 11 is 3.31. The fourth-order valence-electron chi connectivity index (χ4n) is 3.05. The fourth-order valence-corrected chi connectivity index (χ4v) is 5.07. The molecular weight excluding hydrogens is 470 g/mol. The van der Waals surface area contributed by atoms with Crippen molar-refractivity contribution in [2.24, 2.45) is 0 Å². The van der Waals surface area contributed by atoms with Gasteiger partial charge in [0.2, 0.25) is 5.91 Å². The third kappa shape index (κ3) is 6.43. The van der Waals surface area contributed by atoms with Crippen molar-refractivity contribution in [3.05, 3.63) is 83.9 Å². The van der Waals surface area contributed by atoms with Gasteiger partial charge in [0, 0.05) is 24.1 Å². The van der Waals surface area contributed by atoms with Gasteiger partial charge in [-0.05, 0) is 54.1 Å². The van der Waals surface area contributed by atoms with Crippen LogP contribution < -0.4 is 10.6 Å². The van der Waals surface area contributed by atoms with E-state index < -0.39 is 18.5 Å². The summed E-state index contributed by atoms with van der Waals surface area (Å²) in [6.07, 6.45) is 0. The summed E-state index contributed by atoms with van der Waals surface area (Å²) in [7, 11) is 0. The zero-order valence-electron chi connectivity index (χ0n) is 18.2. The predicted octanol–water partition coefficient (Wildman–Crippen LogP) is 5.34. The number of hydrogen-bond acceptors (Lipinski definition) is 7. The first-order valence-electron chi connectivity index (χ1n) is 10.4. The molecule has 0 aliphatic carbocycles. The Morgan fingerprint density at radius 3 is 2.26 bits per heavy atom. The van der Waals surface area contributed by atoms with E-state index in [0.29, 0.717) is 16.9 Å². The summed E-state index contributed by atoms with van der Waals surface area (Å²) in [5.74, 6) is -0.465. The van der Waals surface area contributed by atoms with Crippen LogP contribution in [0.15, 0.2) is 77.1 Å². The molecule has 2 N–H and O–H groups in total. The molecular formula is C25H21N3O4S2. The molecule has 7 nitrogen and oxygen atoms in total. The molecule has 0 radical (unpaired) electrons. The topological polar surface area (TPSA) is 97.4 Å². The maximum atomic E-state index is 12.3. The van der Waals surface area contributed by atoms with Gasteiger partial charge in [0.25, 0.3) is 5.91 Å². The minimum atomic E-state index is -0.568. The number of para-hydroxylation sites is 1. The first kappa shape index (κ1) is 23.5. The van der Waals surface area contributed by atoms with E-state index in [-0.39, 0.29) is 5.91 Å². The number of nitrogens with zero attached hydrogens (tertiary/aromatic N) is 1. The molecule has 0 atom stereocenters. The van der Waals surface area contributed by atoms with Crippen molar-refractivity contribution in [2.45, 2.75) is 17.0 Å². The van der Waals surface area contributed by atoms with Crippen LogP contribution in [0.4, 0.5) is 11.4 Å². The van der Waals surface area contributed by atoms with Crippen LogP contribution in [0.2, 0.25) is 0 Å². The fraction of sp³-hybridized carbons (Fsp3) is 0.120. The number of amides is 2. The second kappa shape index (κ2) is 11.0. The minimum Gasteiger partial charge on any atom is -0.452 e. The molecule has 2 amide bonds. The van der Waals surface area contributed by atoms with Gasteiger partial charge in [0.15, 0.2) is 10.9 Å². The van der Waals surface area contributed by atoms with Crippen LogP contribution in [0, 0.1) is 0 Å². The normalized spacial score (nSPS) is 10.6. The van der Waals surface area contributed by atoms with E-state index in [1.807, 2.05) is 30.3 Å². The average Bonchev–Trinajstić information content (AvgIpc) is 3.25. The average molecular weight is 492 g/mol. The third-order valence-corrected chi connectivity index (χ3v) is 6.90. The first-order valence-corrected chi connectivity index (χ1v) is 12.2. The van der Waals surface area contributed by atoms with E-state index in [2.05, 4.69) is 21.7 Å². The van der Waals surface area contributed by atoms with Crippen molar-refractivity contribution in [3.8, 4) is 0 Å². The monoisotopic (exact) mass is 491 g/mol. The van der Waals surface area contributed by atoms with Gasteiger partial charge in [-0.2, -0.15) is 0 Å². The van der Waals surface area contributed by atoms with Crippen molar-refractivity contribution in [1.29, 1.82) is 0 Å². The molecule has 172 valence electrons. The second-order valence-corrected chi connectivity index (χ2v) is 9.57. The van der Waals surface area contributed by atoms with Crippen molar-refractivity contribution in [3.63, 3.8) is 0 Å². The van der Waals surface area contributed by atoms with Crippen molar-refractivity contribution >= 4 is 62.5 Å². The van der Waals surface area contributed by atoms with Crippen molar-refractivity contribution in [2.75, 3.05) is 17.2 Å². The molecule has 34 heavy (non-hydrogen) atoms. The molecule has 4 rings (SSSR count). The van der Waals surface area contributed by atoms with Crippen LogP contribution in [-0.2, 0) is 20.1 Å². The van der Waals surface area contributed by atoms with Crippen LogP contribution in [0.1, 0.15) is 22.8 Å². The van der Waals surface area contributed by atoms with Gasteiger partial charge in [-0.15, -0.1) is 11.3 Å². The molecule has 1 heterocycles. The number of rotatable bonds is 8. The summed E-state index contributed by atoms with van der Waals surface area (Å²) in [6, 6.07) is 21.8. The number of fused-ring (bicyclic) bond motifs is 1. The second-order valence-electron chi connectivity index (χ2n) is 7.32. The zero-order valence-corrected chi connectivity index (χ0v) is 19.9. The van der Waals surface area contributed by atoms with E-state index in [1.54, 1.807) is 59.5 Å². The lowest BCUT2D eigenvalue weighted by Gasteiger charge is -2.08. The van der Waals surface area contributed by atoms with Gasteiger partial charge < -0.3 is 15.4 Å². The number of thiazole rings is 1. The summed E-state index contributed by atoms with van der Waals surface area (Å²) in [6.45, 7) is 1.02. The molecule has 0 spiro atoms. The molecule has 3 aromatic carbocycles. The van der Waals surface area contributed by atoms with Crippen molar-refractivity contribution < 1.29 is 19.1 Å². The molecule has 4 aromatic rings. The Balaban J connectivity index is 1.23. The lowest BCUT2D eigenvalue weighted by Crippen LogP contribution is -2.21. The van der Waals surface area contributed by atoms with Gasteiger partial charge in [-0.25, -0.2) is 9.78 Å². The number of nitrogens with one attached hydrogen (secondary N) is 2. The maximum absolute atomic E-state index is 12.3. The number of benzene rings is 3. The van der Waals surface area contributed by atoms with Gasteiger partial charge in [-0.3, -0.25) is 9.59 Å². The Bertz CT molecular complexity index is 1290. The number of anilines is 2. The quantitative estimate of drug-likeness (QED) is 0.255. The summed E-state index contributed by atoms with van der Waals surface area (Å²) in [5, 5.41) is 5.29. The molecule has 0 unspecified atom stereocenters. The lowest BCUT2D eigenvalue weighted by molar-refractivity contribution is -0.119. The van der Waals surface area contributed by atoms with Gasteiger partial charge in [0.05, 0.1) is 15.8 Å². The number of carbonyl (C=O) groups excluding carboxylic acids is 3. The van der Waals surface area contributed by atoms with E-state index in [9.17, 15) is 14.4 Å². The van der Waals surface area contributed by atoms with Gasteiger partial charge in [-0.1, -0.05) is 36.0 Å². The highest BCUT2D eigenvalue weighted by molar-refractivity contribution is 8.00. The lowest BCUT2D eigenvalue weighted by atomic mass is 10.1. The van der Waals surface area contributed by atoms with E-state index in [0.717, 1.165) is 25.9 Å². The molecule has 0 fully saturated rings. The Morgan fingerprint density at radius 1 is 0.912 bits per heavy atom. The van der Waals surface area contributed by atoms with Crippen LogP contribution in [0.5, 0.6) is 0 Å². The van der Waals surface area contributed by atoms with Crippen LogP contribution in [0.25, 0.3) is 10.2 Å². The zero-order chi connectivity index (χ0) is 23.9. The Hall–Kier alpha value is -3.69. The molecule has 0 aliphatic rings. The van der Waals surface area contributed by atoms with E-state index >= 15 is 0 Å². The molecule has 0 saturated heterocycles. The molecule has 9 heteroatoms. The SMILES string of the molecule is CC(=O)Nc1ccc(NC(=O)COC(=O)c2ccc(CSc3nc4ccccc4s3)cc2)cc1. The largest absolute Gasteiger partial charge is 0.452 e. The molecule has 0 aliphatic heterocycles. The highest BCUT2D eigenvalue weighted by Gasteiger charge is 2.11. The van der Waals surface area contributed by atoms with Gasteiger partial charge in [0.1, 0.15) is 0 Å². The Labute approximate surface area is 204 Å². The number of hydrogen-bond donors (Lipinski definition) is 2. The smallest absolute Gasteiger partial charge is 0.338 e. The number of aromatic nitrogens is 1. The maximum Gasteiger partial charge on any atom is 0.338 e. The molecule has 0 saturated carbocycles. The van der Waals surface area contributed by atoms with Crippen LogP contribution in [0.3, 0.4) is 0 Å². The van der Waals surface area contributed by atoms with Crippen LogP contribution >= 0.6 is 23.1 Å². The van der Waals surface area contributed by atoms with Crippen molar-refractivity contribution in [1.82, 2.24) is 4.98 Å². The predicted molar refractivity (Wildman–Crippen MR) is 135 cm³/mol. The van der Waals surface area contributed by atoms with E-state index in [1.165, 1.54) is 6.92 Å². The Kier molecular flexibility index (Phi) is 7.56. The summed E-state index contributed by atoms with van der Waals surface area (Å²) < 4.78 is 7.28. The summed E-state index contributed by atoms with van der Waals surface area (Å²) in [5.41, 5.74) is 3.59. The number of ether oxygens (including phenoxy) is 1. The summed E-state index contributed by atoms with van der Waals surface area (Å²) in [4.78, 5) is 40.0. The number of thioether (sulfide) groups is 1. The Morgan fingerprint density at radius 2 is 1.59 bits per heavy atom. The van der Waals surface area contributed by atoms with Gasteiger partial charge >= 0.3 is 5.97 Å². The third-order valence-electron chi connectivity index (χ3n) is 4.65. The molecule has 1 aromatic heterocycles. The number of carbonyl (C=O) groups is 3. The van der Waals surface area contributed by atoms with Crippen LogP contribution in [-0.4, -0.2) is 29.4 Å². The number of esters is 1. The highest BCUT2D eigenvalue weighted by Crippen LogP contribution is 2.31. The van der Waals surface area contributed by atoms with E-state index in [4.69, 9.17) is 4.74 Å². The minimum absolute atomic E-state index is 0.177. The standard InChI is InChI=1S/C25H21N3O4S2/c1-16(29)26-19-10-12-20(13-11-19)27-23(30)14-32-24(31)18-8-6-17(7-9-18)15-33-25-28-21-4-2-3-5-22(21)34-25/h2-13H,14-15H2,1H3,(H,26,29)(H,27,30). The highest BCUT2D eigenvalue weighted by atomic mass is 32.2.